The number of hydrogen-bond donors (Lipinski definition) is 2. The molecule has 1 aliphatic heterocycles. The maximum absolute atomic E-state index is 12.4. The molecule has 1 amide bonds. The van der Waals surface area contributed by atoms with Gasteiger partial charge in [-0.2, -0.15) is 4.98 Å². The molecule has 32 heavy (non-hydrogen) atoms. The molecule has 2 N–H and O–H groups in total. The van der Waals surface area contributed by atoms with Crippen molar-refractivity contribution >= 4 is 22.8 Å². The van der Waals surface area contributed by atoms with E-state index in [1.165, 1.54) is 11.1 Å². The Balaban J connectivity index is 1.11. The fourth-order valence-electron chi connectivity index (χ4n) is 4.30. The van der Waals surface area contributed by atoms with Crippen LogP contribution in [0.15, 0.2) is 59.1 Å². The zero-order valence-electron chi connectivity index (χ0n) is 18.2. The summed E-state index contributed by atoms with van der Waals surface area (Å²) in [5.74, 6) is 1.62. The molecule has 1 saturated heterocycles. The summed E-state index contributed by atoms with van der Waals surface area (Å²) < 4.78 is 5.42. The zero-order chi connectivity index (χ0) is 21.9. The molecule has 0 bridgehead atoms. The van der Waals surface area contributed by atoms with Crippen LogP contribution in [0.3, 0.4) is 0 Å². The molecule has 7 heteroatoms. The minimum Gasteiger partial charge on any atom is -0.351 e. The van der Waals surface area contributed by atoms with Crippen LogP contribution in [0.1, 0.15) is 46.3 Å². The Morgan fingerprint density at radius 1 is 1.16 bits per heavy atom. The SMILES string of the molecule is Cc1ccc(C2CCN(c3noc(CCNC(=O)c4cc5ccccc5[nH]4)n3)CC2)cc1. The van der Waals surface area contributed by atoms with Crippen LogP contribution in [0.2, 0.25) is 0 Å². The molecule has 2 aromatic carbocycles. The van der Waals surface area contributed by atoms with E-state index in [4.69, 9.17) is 4.52 Å². The molecule has 0 spiro atoms. The lowest BCUT2D eigenvalue weighted by molar-refractivity contribution is 0.0949. The lowest BCUT2D eigenvalue weighted by Gasteiger charge is -2.31. The second kappa shape index (κ2) is 8.86. The number of anilines is 1. The minimum atomic E-state index is -0.140. The van der Waals surface area contributed by atoms with Crippen molar-refractivity contribution in [1.82, 2.24) is 20.4 Å². The summed E-state index contributed by atoms with van der Waals surface area (Å²) in [6.45, 7) is 4.38. The van der Waals surface area contributed by atoms with Crippen molar-refractivity contribution in [2.75, 3.05) is 24.5 Å². The van der Waals surface area contributed by atoms with Crippen LogP contribution < -0.4 is 10.2 Å². The van der Waals surface area contributed by atoms with Gasteiger partial charge in [-0.3, -0.25) is 4.79 Å². The van der Waals surface area contributed by atoms with Crippen molar-refractivity contribution in [2.45, 2.75) is 32.1 Å². The highest BCUT2D eigenvalue weighted by Gasteiger charge is 2.23. The maximum atomic E-state index is 12.4. The molecule has 0 saturated carbocycles. The maximum Gasteiger partial charge on any atom is 0.267 e. The van der Waals surface area contributed by atoms with Crippen molar-refractivity contribution in [1.29, 1.82) is 0 Å². The van der Waals surface area contributed by atoms with Gasteiger partial charge in [-0.1, -0.05) is 48.0 Å². The van der Waals surface area contributed by atoms with E-state index in [-0.39, 0.29) is 5.91 Å². The van der Waals surface area contributed by atoms with Gasteiger partial charge in [0, 0.05) is 37.0 Å². The highest BCUT2D eigenvalue weighted by Crippen LogP contribution is 2.29. The third-order valence-electron chi connectivity index (χ3n) is 6.18. The number of carbonyl (C=O) groups is 1. The van der Waals surface area contributed by atoms with E-state index in [2.05, 4.69) is 56.5 Å². The Kier molecular flexibility index (Phi) is 5.62. The highest BCUT2D eigenvalue weighted by molar-refractivity contribution is 5.97. The number of para-hydroxylation sites is 1. The predicted molar refractivity (Wildman–Crippen MR) is 124 cm³/mol. The molecule has 0 radical (unpaired) electrons. The Bertz CT molecular complexity index is 1170. The number of fused-ring (bicyclic) bond motifs is 1. The van der Waals surface area contributed by atoms with E-state index >= 15 is 0 Å². The van der Waals surface area contributed by atoms with Crippen molar-refractivity contribution in [3.05, 3.63) is 77.3 Å². The topological polar surface area (TPSA) is 87.0 Å². The van der Waals surface area contributed by atoms with E-state index in [1.54, 1.807) is 0 Å². The number of nitrogens with one attached hydrogen (secondary N) is 2. The van der Waals surface area contributed by atoms with Gasteiger partial charge in [0.05, 0.1) is 0 Å². The molecule has 164 valence electrons. The van der Waals surface area contributed by atoms with Crippen molar-refractivity contribution < 1.29 is 9.32 Å². The number of hydrogen-bond acceptors (Lipinski definition) is 5. The van der Waals surface area contributed by atoms with E-state index in [1.807, 2.05) is 30.3 Å². The van der Waals surface area contributed by atoms with Gasteiger partial charge in [-0.25, -0.2) is 0 Å². The third kappa shape index (κ3) is 4.37. The number of carbonyl (C=O) groups excluding carboxylic acids is 1. The largest absolute Gasteiger partial charge is 0.351 e. The molecule has 0 unspecified atom stereocenters. The zero-order valence-corrected chi connectivity index (χ0v) is 18.2. The summed E-state index contributed by atoms with van der Waals surface area (Å²) in [5.41, 5.74) is 4.21. The van der Waals surface area contributed by atoms with Gasteiger partial charge in [0.2, 0.25) is 5.89 Å². The molecule has 1 fully saturated rings. The van der Waals surface area contributed by atoms with Gasteiger partial charge in [0.1, 0.15) is 5.69 Å². The van der Waals surface area contributed by atoms with Crippen LogP contribution in [0.25, 0.3) is 10.9 Å². The molecule has 4 aromatic rings. The standard InChI is InChI=1S/C25H27N5O2/c1-17-6-8-18(9-7-17)19-11-14-30(15-12-19)25-28-23(32-29-25)10-13-26-24(31)22-16-20-4-2-3-5-21(20)27-22/h2-9,16,19,27H,10-15H2,1H3,(H,26,31). The number of H-pyrrole nitrogens is 1. The van der Waals surface area contributed by atoms with E-state index in [0.717, 1.165) is 36.8 Å². The quantitative estimate of drug-likeness (QED) is 0.479. The first-order valence-electron chi connectivity index (χ1n) is 11.2. The number of piperidine rings is 1. The van der Waals surface area contributed by atoms with Gasteiger partial charge < -0.3 is 19.7 Å². The van der Waals surface area contributed by atoms with Crippen LogP contribution in [0.5, 0.6) is 0 Å². The summed E-state index contributed by atoms with van der Waals surface area (Å²) in [6, 6.07) is 18.5. The molecule has 1 aliphatic rings. The molecule has 2 aromatic heterocycles. The summed E-state index contributed by atoms with van der Waals surface area (Å²) in [6.07, 6.45) is 2.65. The molecular weight excluding hydrogens is 402 g/mol. The van der Waals surface area contributed by atoms with Crippen molar-refractivity contribution in [3.63, 3.8) is 0 Å². The number of rotatable bonds is 6. The van der Waals surface area contributed by atoms with Crippen molar-refractivity contribution in [2.24, 2.45) is 0 Å². The van der Waals surface area contributed by atoms with Crippen LogP contribution in [-0.4, -0.2) is 40.7 Å². The van der Waals surface area contributed by atoms with Crippen LogP contribution in [-0.2, 0) is 6.42 Å². The van der Waals surface area contributed by atoms with E-state index in [0.29, 0.717) is 36.4 Å². The summed E-state index contributed by atoms with van der Waals surface area (Å²) in [7, 11) is 0. The highest BCUT2D eigenvalue weighted by atomic mass is 16.5. The Hall–Kier alpha value is -3.61. The number of aromatic nitrogens is 3. The van der Waals surface area contributed by atoms with Crippen molar-refractivity contribution in [3.8, 4) is 0 Å². The Morgan fingerprint density at radius 3 is 2.72 bits per heavy atom. The van der Waals surface area contributed by atoms with Gasteiger partial charge in [-0.15, -0.1) is 0 Å². The molecule has 7 nitrogen and oxygen atoms in total. The van der Waals surface area contributed by atoms with E-state index in [9.17, 15) is 4.79 Å². The monoisotopic (exact) mass is 429 g/mol. The predicted octanol–water partition coefficient (Wildman–Crippen LogP) is 4.22. The number of aryl methyl sites for hydroxylation is 1. The first kappa shape index (κ1) is 20.3. The van der Waals surface area contributed by atoms with Gasteiger partial charge in [0.15, 0.2) is 0 Å². The van der Waals surface area contributed by atoms with Gasteiger partial charge in [0.25, 0.3) is 11.9 Å². The molecular formula is C25H27N5O2. The fourth-order valence-corrected chi connectivity index (χ4v) is 4.30. The molecule has 5 rings (SSSR count). The molecule has 0 atom stereocenters. The summed E-state index contributed by atoms with van der Waals surface area (Å²) in [5, 5.41) is 8.09. The summed E-state index contributed by atoms with van der Waals surface area (Å²) >= 11 is 0. The smallest absolute Gasteiger partial charge is 0.267 e. The lowest BCUT2D eigenvalue weighted by Crippen LogP contribution is -2.33. The van der Waals surface area contributed by atoms with Crippen LogP contribution >= 0.6 is 0 Å². The average molecular weight is 430 g/mol. The fraction of sp³-hybridized carbons (Fsp3) is 0.320. The lowest BCUT2D eigenvalue weighted by atomic mass is 9.89. The Morgan fingerprint density at radius 2 is 1.94 bits per heavy atom. The minimum absolute atomic E-state index is 0.140. The summed E-state index contributed by atoms with van der Waals surface area (Å²) in [4.78, 5) is 22.3. The first-order valence-corrected chi connectivity index (χ1v) is 11.2. The molecule has 0 aliphatic carbocycles. The number of nitrogens with zero attached hydrogens (tertiary/aromatic N) is 3. The van der Waals surface area contributed by atoms with E-state index < -0.39 is 0 Å². The number of benzene rings is 2. The third-order valence-corrected chi connectivity index (χ3v) is 6.18. The second-order valence-electron chi connectivity index (χ2n) is 8.44. The number of aromatic amines is 1. The first-order chi connectivity index (χ1) is 15.7. The van der Waals surface area contributed by atoms with Crippen LogP contribution in [0, 0.1) is 6.92 Å². The molecule has 3 heterocycles. The number of amides is 1. The average Bonchev–Trinajstić information content (AvgIpc) is 3.47. The van der Waals surface area contributed by atoms with Gasteiger partial charge in [-0.05, 0) is 48.5 Å². The second-order valence-corrected chi connectivity index (χ2v) is 8.44. The van der Waals surface area contributed by atoms with Crippen LogP contribution in [0.4, 0.5) is 5.95 Å². The normalized spacial score (nSPS) is 14.7. The Labute approximate surface area is 186 Å². The van der Waals surface area contributed by atoms with Gasteiger partial charge >= 0.3 is 0 Å².